The van der Waals surface area contributed by atoms with Crippen LogP contribution in [-0.4, -0.2) is 82.8 Å². The number of piperazine rings is 1. The first-order chi connectivity index (χ1) is 17.9. The summed E-state index contributed by atoms with van der Waals surface area (Å²) in [6.45, 7) is 2.91. The first-order valence-corrected chi connectivity index (χ1v) is 15.3. The predicted molar refractivity (Wildman–Crippen MR) is 141 cm³/mol. The van der Waals surface area contributed by atoms with Crippen LogP contribution in [0.1, 0.15) is 17.2 Å². The van der Waals surface area contributed by atoms with E-state index in [0.717, 1.165) is 11.1 Å². The molecule has 2 fully saturated rings. The van der Waals surface area contributed by atoms with Crippen molar-refractivity contribution < 1.29 is 21.6 Å². The molecule has 0 aromatic heterocycles. The summed E-state index contributed by atoms with van der Waals surface area (Å²) in [5, 5.41) is 0. The Bertz CT molecular complexity index is 1360. The van der Waals surface area contributed by atoms with Crippen molar-refractivity contribution >= 4 is 20.0 Å². The largest absolute Gasteiger partial charge is 0.379 e. The van der Waals surface area contributed by atoms with Crippen molar-refractivity contribution in [2.45, 2.75) is 15.8 Å². The zero-order valence-electron chi connectivity index (χ0n) is 20.5. The van der Waals surface area contributed by atoms with Gasteiger partial charge in [-0.1, -0.05) is 66.7 Å². The Kier molecular flexibility index (Phi) is 7.75. The summed E-state index contributed by atoms with van der Waals surface area (Å²) in [5.41, 5.74) is 2.32. The monoisotopic (exact) mass is 541 g/mol. The summed E-state index contributed by atoms with van der Waals surface area (Å²) in [6.07, 6.45) is 0. The molecular formula is C27H31N3O5S2. The molecule has 2 heterocycles. The van der Waals surface area contributed by atoms with Crippen LogP contribution in [0.4, 0.5) is 0 Å². The second-order valence-electron chi connectivity index (χ2n) is 9.16. The number of rotatable bonds is 7. The lowest BCUT2D eigenvalue weighted by Crippen LogP contribution is -2.49. The molecule has 8 nitrogen and oxygen atoms in total. The van der Waals surface area contributed by atoms with Gasteiger partial charge in [0.25, 0.3) is 0 Å². The number of hydrogen-bond donors (Lipinski definition) is 0. The van der Waals surface area contributed by atoms with Crippen LogP contribution in [0.25, 0.3) is 0 Å². The number of hydrogen-bond acceptors (Lipinski definition) is 6. The van der Waals surface area contributed by atoms with Crippen molar-refractivity contribution in [3.8, 4) is 0 Å². The molecule has 0 atom stereocenters. The summed E-state index contributed by atoms with van der Waals surface area (Å²) >= 11 is 0. The number of nitrogens with zero attached hydrogens (tertiary/aromatic N) is 3. The fraction of sp³-hybridized carbons (Fsp3) is 0.333. The zero-order valence-corrected chi connectivity index (χ0v) is 22.1. The van der Waals surface area contributed by atoms with E-state index in [0.29, 0.717) is 39.4 Å². The fourth-order valence-corrected chi connectivity index (χ4v) is 7.96. The van der Waals surface area contributed by atoms with Crippen molar-refractivity contribution in [1.29, 1.82) is 0 Å². The van der Waals surface area contributed by atoms with E-state index in [4.69, 9.17) is 4.74 Å². The fourth-order valence-electron chi connectivity index (χ4n) is 4.97. The number of benzene rings is 3. The Morgan fingerprint density at radius 2 is 1.03 bits per heavy atom. The van der Waals surface area contributed by atoms with Gasteiger partial charge in [0.1, 0.15) is 0 Å². The highest BCUT2D eigenvalue weighted by Crippen LogP contribution is 2.31. The van der Waals surface area contributed by atoms with E-state index in [9.17, 15) is 16.8 Å². The molecular weight excluding hydrogens is 510 g/mol. The SMILES string of the molecule is O=S(=O)(c1cccc(S(=O)(=O)N2CCN(C(c3ccccc3)c3ccccc3)CC2)c1)N1CCOCC1. The molecule has 3 aromatic carbocycles. The zero-order chi connectivity index (χ0) is 25.9. The Balaban J connectivity index is 1.35. The quantitative estimate of drug-likeness (QED) is 0.457. The van der Waals surface area contributed by atoms with Gasteiger partial charge in [0.2, 0.25) is 20.0 Å². The van der Waals surface area contributed by atoms with E-state index in [-0.39, 0.29) is 28.9 Å². The van der Waals surface area contributed by atoms with Crippen LogP contribution in [0.15, 0.2) is 94.7 Å². The van der Waals surface area contributed by atoms with E-state index in [1.165, 1.54) is 32.9 Å². The van der Waals surface area contributed by atoms with Gasteiger partial charge in [-0.2, -0.15) is 8.61 Å². The maximum atomic E-state index is 13.5. The summed E-state index contributed by atoms with van der Waals surface area (Å²) in [6, 6.07) is 26.2. The molecule has 10 heteroatoms. The lowest BCUT2D eigenvalue weighted by atomic mass is 9.96. The molecule has 0 radical (unpaired) electrons. The molecule has 2 aliphatic rings. The highest BCUT2D eigenvalue weighted by atomic mass is 32.2. The third-order valence-electron chi connectivity index (χ3n) is 6.92. The molecule has 0 saturated carbocycles. The van der Waals surface area contributed by atoms with Crippen molar-refractivity contribution in [2.24, 2.45) is 0 Å². The van der Waals surface area contributed by atoms with E-state index in [1.807, 2.05) is 36.4 Å². The van der Waals surface area contributed by atoms with Gasteiger partial charge in [-0.3, -0.25) is 4.90 Å². The lowest BCUT2D eigenvalue weighted by Gasteiger charge is -2.39. The molecule has 0 N–H and O–H groups in total. The maximum Gasteiger partial charge on any atom is 0.243 e. The Morgan fingerprint density at radius 1 is 0.568 bits per heavy atom. The van der Waals surface area contributed by atoms with Gasteiger partial charge in [-0.15, -0.1) is 0 Å². The minimum atomic E-state index is -3.85. The average molecular weight is 542 g/mol. The second kappa shape index (κ2) is 11.0. The third kappa shape index (κ3) is 5.50. The molecule has 5 rings (SSSR count). The van der Waals surface area contributed by atoms with Crippen molar-refractivity contribution in [1.82, 2.24) is 13.5 Å². The number of sulfonamides is 2. The van der Waals surface area contributed by atoms with Crippen LogP contribution in [0.5, 0.6) is 0 Å². The van der Waals surface area contributed by atoms with Crippen LogP contribution < -0.4 is 0 Å². The number of ether oxygens (including phenoxy) is 1. The molecule has 2 aliphatic heterocycles. The second-order valence-corrected chi connectivity index (χ2v) is 13.0. The molecule has 2 saturated heterocycles. The van der Waals surface area contributed by atoms with Crippen molar-refractivity contribution in [3.63, 3.8) is 0 Å². The van der Waals surface area contributed by atoms with Crippen LogP contribution in [0.2, 0.25) is 0 Å². The van der Waals surface area contributed by atoms with E-state index >= 15 is 0 Å². The summed E-state index contributed by atoms with van der Waals surface area (Å²) in [5.74, 6) is 0. The molecule has 196 valence electrons. The Hall–Kier alpha value is -2.60. The lowest BCUT2D eigenvalue weighted by molar-refractivity contribution is 0.0730. The minimum Gasteiger partial charge on any atom is -0.379 e. The van der Waals surface area contributed by atoms with Gasteiger partial charge in [0, 0.05) is 39.3 Å². The van der Waals surface area contributed by atoms with Gasteiger partial charge in [-0.25, -0.2) is 16.8 Å². The highest BCUT2D eigenvalue weighted by Gasteiger charge is 2.33. The van der Waals surface area contributed by atoms with Gasteiger partial charge in [0.05, 0.1) is 29.0 Å². The molecule has 0 spiro atoms. The first-order valence-electron chi connectivity index (χ1n) is 12.4. The van der Waals surface area contributed by atoms with Gasteiger partial charge in [0.15, 0.2) is 0 Å². The van der Waals surface area contributed by atoms with Crippen molar-refractivity contribution in [3.05, 3.63) is 96.1 Å². The minimum absolute atomic E-state index is 0.00190. The van der Waals surface area contributed by atoms with Crippen LogP contribution in [0.3, 0.4) is 0 Å². The standard InChI is InChI=1S/C27H31N3O5S2/c31-36(32,25-12-7-13-26(22-25)37(33,34)30-18-20-35-21-19-30)29-16-14-28(15-17-29)27(23-8-3-1-4-9-23)24-10-5-2-6-11-24/h1-13,22,27H,14-21H2. The Labute approximate surface area is 219 Å². The van der Waals surface area contributed by atoms with E-state index in [1.54, 1.807) is 0 Å². The Morgan fingerprint density at radius 3 is 1.51 bits per heavy atom. The van der Waals surface area contributed by atoms with E-state index < -0.39 is 20.0 Å². The van der Waals surface area contributed by atoms with Crippen LogP contribution in [0, 0.1) is 0 Å². The third-order valence-corrected chi connectivity index (χ3v) is 10.7. The summed E-state index contributed by atoms with van der Waals surface area (Å²) < 4.78 is 61.3. The molecule has 0 bridgehead atoms. The summed E-state index contributed by atoms with van der Waals surface area (Å²) in [4.78, 5) is 2.29. The smallest absolute Gasteiger partial charge is 0.243 e. The van der Waals surface area contributed by atoms with E-state index in [2.05, 4.69) is 29.2 Å². The van der Waals surface area contributed by atoms with Gasteiger partial charge in [-0.05, 0) is 29.3 Å². The molecule has 0 unspecified atom stereocenters. The van der Waals surface area contributed by atoms with Crippen LogP contribution in [-0.2, 0) is 24.8 Å². The molecule has 0 amide bonds. The van der Waals surface area contributed by atoms with Gasteiger partial charge < -0.3 is 4.74 Å². The molecule has 0 aliphatic carbocycles. The predicted octanol–water partition coefficient (Wildman–Crippen LogP) is 2.80. The van der Waals surface area contributed by atoms with Crippen molar-refractivity contribution in [2.75, 3.05) is 52.5 Å². The summed E-state index contributed by atoms with van der Waals surface area (Å²) in [7, 11) is -7.65. The normalized spacial score (nSPS) is 18.7. The van der Waals surface area contributed by atoms with Gasteiger partial charge >= 0.3 is 0 Å². The van der Waals surface area contributed by atoms with Crippen LogP contribution >= 0.6 is 0 Å². The topological polar surface area (TPSA) is 87.2 Å². The average Bonchev–Trinajstić information content (AvgIpc) is 2.95. The first kappa shape index (κ1) is 26.0. The number of morpholine rings is 1. The maximum absolute atomic E-state index is 13.5. The highest BCUT2D eigenvalue weighted by molar-refractivity contribution is 7.90. The molecule has 3 aromatic rings. The molecule has 37 heavy (non-hydrogen) atoms.